The highest BCUT2D eigenvalue weighted by Gasteiger charge is 2.16. The first-order valence-electron chi connectivity index (χ1n) is 6.92. The summed E-state index contributed by atoms with van der Waals surface area (Å²) in [6.07, 6.45) is 3.51. The zero-order valence-electron chi connectivity index (χ0n) is 11.5. The van der Waals surface area contributed by atoms with Gasteiger partial charge in [-0.3, -0.25) is 0 Å². The third-order valence-electron chi connectivity index (χ3n) is 3.48. The minimum Gasteiger partial charge on any atom is -0.488 e. The van der Waals surface area contributed by atoms with E-state index in [0.717, 1.165) is 41.8 Å². The quantitative estimate of drug-likeness (QED) is 0.827. The summed E-state index contributed by atoms with van der Waals surface area (Å²) in [7, 11) is 0. The Morgan fingerprint density at radius 1 is 1.42 bits per heavy atom. The maximum absolute atomic E-state index is 6.44. The molecule has 3 heteroatoms. The molecule has 0 aliphatic carbocycles. The van der Waals surface area contributed by atoms with Crippen LogP contribution in [0.5, 0.6) is 5.75 Å². The minimum atomic E-state index is 0.524. The van der Waals surface area contributed by atoms with Gasteiger partial charge in [0.2, 0.25) is 0 Å². The molecular weight excluding hydrogens is 258 g/mol. The summed E-state index contributed by atoms with van der Waals surface area (Å²) < 4.78 is 5.68. The second kappa shape index (κ2) is 6.97. The van der Waals surface area contributed by atoms with Gasteiger partial charge in [-0.15, -0.1) is 0 Å². The van der Waals surface area contributed by atoms with Crippen molar-refractivity contribution < 1.29 is 4.74 Å². The molecule has 1 saturated heterocycles. The zero-order chi connectivity index (χ0) is 13.7. The molecule has 1 aromatic rings. The van der Waals surface area contributed by atoms with Crippen molar-refractivity contribution in [2.45, 2.75) is 26.2 Å². The predicted octanol–water partition coefficient (Wildman–Crippen LogP) is 3.84. The molecule has 1 fully saturated rings. The van der Waals surface area contributed by atoms with Crippen molar-refractivity contribution in [3.63, 3.8) is 0 Å². The van der Waals surface area contributed by atoms with Gasteiger partial charge < -0.3 is 10.1 Å². The van der Waals surface area contributed by atoms with Crippen LogP contribution >= 0.6 is 11.6 Å². The highest BCUT2D eigenvalue weighted by molar-refractivity contribution is 6.32. The lowest BCUT2D eigenvalue weighted by molar-refractivity contribution is 0.350. The van der Waals surface area contributed by atoms with Gasteiger partial charge in [0, 0.05) is 0 Å². The summed E-state index contributed by atoms with van der Waals surface area (Å²) in [5.41, 5.74) is 2.20. The smallest absolute Gasteiger partial charge is 0.138 e. The largest absolute Gasteiger partial charge is 0.488 e. The summed E-state index contributed by atoms with van der Waals surface area (Å²) in [6, 6.07) is 6.06. The van der Waals surface area contributed by atoms with Crippen molar-refractivity contribution in [2.24, 2.45) is 5.92 Å². The van der Waals surface area contributed by atoms with Crippen molar-refractivity contribution >= 4 is 11.6 Å². The van der Waals surface area contributed by atoms with Gasteiger partial charge >= 0.3 is 0 Å². The van der Waals surface area contributed by atoms with E-state index in [4.69, 9.17) is 16.3 Å². The van der Waals surface area contributed by atoms with Gasteiger partial charge in [-0.1, -0.05) is 30.3 Å². The van der Waals surface area contributed by atoms with Crippen LogP contribution in [0.3, 0.4) is 0 Å². The third-order valence-corrected chi connectivity index (χ3v) is 3.91. The second-order valence-electron chi connectivity index (χ2n) is 5.37. The lowest BCUT2D eigenvalue weighted by atomic mass is 9.91. The van der Waals surface area contributed by atoms with Crippen LogP contribution in [-0.2, 0) is 6.42 Å². The molecule has 1 aliphatic heterocycles. The topological polar surface area (TPSA) is 21.3 Å². The summed E-state index contributed by atoms with van der Waals surface area (Å²) in [5, 5.41) is 4.16. The Bertz CT molecular complexity index is 438. The highest BCUT2D eigenvalue weighted by atomic mass is 35.5. The van der Waals surface area contributed by atoms with Crippen molar-refractivity contribution in [1.82, 2.24) is 5.32 Å². The van der Waals surface area contributed by atoms with Crippen LogP contribution in [0.1, 0.15) is 25.3 Å². The molecule has 0 bridgehead atoms. The maximum atomic E-state index is 6.44. The Morgan fingerprint density at radius 2 is 2.16 bits per heavy atom. The molecule has 104 valence electrons. The molecule has 1 heterocycles. The molecule has 0 aromatic heterocycles. The van der Waals surface area contributed by atoms with Crippen LogP contribution in [0.15, 0.2) is 30.4 Å². The molecule has 0 unspecified atom stereocenters. The van der Waals surface area contributed by atoms with E-state index in [1.54, 1.807) is 0 Å². The number of piperidine rings is 1. The van der Waals surface area contributed by atoms with Crippen LogP contribution in [-0.4, -0.2) is 19.7 Å². The summed E-state index contributed by atoms with van der Waals surface area (Å²) in [5.74, 6) is 1.51. The Balaban J connectivity index is 2.03. The number of hydrogen-bond acceptors (Lipinski definition) is 2. The van der Waals surface area contributed by atoms with Gasteiger partial charge in [-0.25, -0.2) is 0 Å². The van der Waals surface area contributed by atoms with Crippen molar-refractivity contribution in [1.29, 1.82) is 0 Å². The second-order valence-corrected chi connectivity index (χ2v) is 5.75. The first-order valence-corrected chi connectivity index (χ1v) is 7.30. The number of benzene rings is 1. The summed E-state index contributed by atoms with van der Waals surface area (Å²) in [4.78, 5) is 0. The van der Waals surface area contributed by atoms with Gasteiger partial charge in [0.15, 0.2) is 0 Å². The fourth-order valence-corrected chi connectivity index (χ4v) is 2.68. The molecule has 0 radical (unpaired) electrons. The van der Waals surface area contributed by atoms with Crippen LogP contribution < -0.4 is 10.1 Å². The number of nitrogens with one attached hydrogen (secondary N) is 1. The monoisotopic (exact) mass is 279 g/mol. The molecule has 1 aliphatic rings. The fraction of sp³-hybridized carbons (Fsp3) is 0.500. The van der Waals surface area contributed by atoms with Gasteiger partial charge in [-0.2, -0.15) is 0 Å². The standard InChI is InChI=1S/C16H22ClNO/c1-12(2)11-19-15-5-3-4-14(16(15)17)10-13-6-8-18-9-7-13/h3-5,13,18H,1,6-11H2,2H3. The predicted molar refractivity (Wildman–Crippen MR) is 81.1 cm³/mol. The van der Waals surface area contributed by atoms with Gasteiger partial charge in [0.05, 0.1) is 5.02 Å². The lowest BCUT2D eigenvalue weighted by Crippen LogP contribution is -2.28. The third kappa shape index (κ3) is 4.26. The molecule has 0 amide bonds. The van der Waals surface area contributed by atoms with E-state index in [0.29, 0.717) is 6.61 Å². The number of hydrogen-bond donors (Lipinski definition) is 1. The molecule has 1 aromatic carbocycles. The number of ether oxygens (including phenoxy) is 1. The molecule has 0 spiro atoms. The Kier molecular flexibility index (Phi) is 5.29. The van der Waals surface area contributed by atoms with Crippen LogP contribution in [0, 0.1) is 5.92 Å². The molecule has 0 saturated carbocycles. The Hall–Kier alpha value is -0.990. The average molecular weight is 280 g/mol. The van der Waals surface area contributed by atoms with Crippen LogP contribution in [0.25, 0.3) is 0 Å². The molecule has 2 rings (SSSR count). The maximum Gasteiger partial charge on any atom is 0.138 e. The summed E-state index contributed by atoms with van der Waals surface area (Å²) in [6.45, 7) is 8.55. The lowest BCUT2D eigenvalue weighted by Gasteiger charge is -2.23. The first kappa shape index (κ1) is 14.4. The van der Waals surface area contributed by atoms with E-state index >= 15 is 0 Å². The Labute approximate surface area is 120 Å². The molecule has 2 nitrogen and oxygen atoms in total. The minimum absolute atomic E-state index is 0.524. The first-order chi connectivity index (χ1) is 9.16. The van der Waals surface area contributed by atoms with Gasteiger partial charge in [0.25, 0.3) is 0 Å². The van der Waals surface area contributed by atoms with Crippen molar-refractivity contribution in [2.75, 3.05) is 19.7 Å². The van der Waals surface area contributed by atoms with Crippen molar-refractivity contribution in [3.8, 4) is 5.75 Å². The van der Waals surface area contributed by atoms with E-state index in [1.165, 1.54) is 18.4 Å². The van der Waals surface area contributed by atoms with Gasteiger partial charge in [-0.05, 0) is 62.4 Å². The fourth-order valence-electron chi connectivity index (χ4n) is 2.42. The molecular formula is C16H22ClNO. The van der Waals surface area contributed by atoms with Crippen LogP contribution in [0.4, 0.5) is 0 Å². The SMILES string of the molecule is C=C(C)COc1cccc(CC2CCNCC2)c1Cl. The van der Waals surface area contributed by atoms with E-state index in [-0.39, 0.29) is 0 Å². The van der Waals surface area contributed by atoms with Crippen LogP contribution in [0.2, 0.25) is 5.02 Å². The average Bonchev–Trinajstić information content (AvgIpc) is 2.41. The number of rotatable bonds is 5. The summed E-state index contributed by atoms with van der Waals surface area (Å²) >= 11 is 6.44. The van der Waals surface area contributed by atoms with Gasteiger partial charge in [0.1, 0.15) is 12.4 Å². The zero-order valence-corrected chi connectivity index (χ0v) is 12.3. The van der Waals surface area contributed by atoms with E-state index in [9.17, 15) is 0 Å². The highest BCUT2D eigenvalue weighted by Crippen LogP contribution is 2.31. The molecule has 19 heavy (non-hydrogen) atoms. The van der Waals surface area contributed by atoms with E-state index in [2.05, 4.69) is 18.0 Å². The normalized spacial score (nSPS) is 16.3. The molecule has 1 N–H and O–H groups in total. The van der Waals surface area contributed by atoms with E-state index < -0.39 is 0 Å². The molecule has 0 atom stereocenters. The number of halogens is 1. The van der Waals surface area contributed by atoms with E-state index in [1.807, 2.05) is 19.1 Å². The Morgan fingerprint density at radius 3 is 2.84 bits per heavy atom. The van der Waals surface area contributed by atoms with Crippen molar-refractivity contribution in [3.05, 3.63) is 40.9 Å².